The van der Waals surface area contributed by atoms with E-state index < -0.39 is 5.97 Å². The van der Waals surface area contributed by atoms with E-state index in [1.165, 1.54) is 19.3 Å². The number of aliphatic carboxylic acids is 1. The highest BCUT2D eigenvalue weighted by Crippen LogP contribution is 2.30. The van der Waals surface area contributed by atoms with E-state index in [4.69, 9.17) is 5.11 Å². The third kappa shape index (κ3) is 6.30. The minimum Gasteiger partial charge on any atom is -0.481 e. The minimum absolute atomic E-state index is 0.179. The second-order valence-electron chi connectivity index (χ2n) is 3.96. The molecule has 0 amide bonds. The lowest BCUT2D eigenvalue weighted by molar-refractivity contribution is -0.137. The Labute approximate surface area is 92.5 Å². The summed E-state index contributed by atoms with van der Waals surface area (Å²) in [7, 11) is 0. The first-order valence-electron chi connectivity index (χ1n) is 5.48. The normalized spacial score (nSPS) is 15.1. The molecule has 3 heteroatoms. The van der Waals surface area contributed by atoms with Gasteiger partial charge in [-0.05, 0) is 12.8 Å². The van der Waals surface area contributed by atoms with Crippen molar-refractivity contribution >= 4 is 18.6 Å². The van der Waals surface area contributed by atoms with Gasteiger partial charge in [-0.2, -0.15) is 12.6 Å². The number of rotatable bonds is 8. The number of hydrogen-bond donors (Lipinski definition) is 2. The average molecular weight is 218 g/mol. The fourth-order valence-electron chi connectivity index (χ4n) is 1.55. The average Bonchev–Trinajstić information content (AvgIpc) is 2.11. The highest BCUT2D eigenvalue weighted by Gasteiger charge is 2.25. The first-order chi connectivity index (χ1) is 6.54. The van der Waals surface area contributed by atoms with Crippen LogP contribution in [0.25, 0.3) is 0 Å². The molecule has 1 unspecified atom stereocenters. The van der Waals surface area contributed by atoms with Crippen LogP contribution in [-0.4, -0.2) is 15.8 Å². The Morgan fingerprint density at radius 1 is 1.29 bits per heavy atom. The Morgan fingerprint density at radius 2 is 1.93 bits per heavy atom. The lowest BCUT2D eigenvalue weighted by atomic mass is 9.94. The van der Waals surface area contributed by atoms with E-state index in [9.17, 15) is 4.79 Å². The summed E-state index contributed by atoms with van der Waals surface area (Å²) in [5.41, 5.74) is 0. The van der Waals surface area contributed by atoms with Gasteiger partial charge in [0.2, 0.25) is 0 Å². The van der Waals surface area contributed by atoms with Gasteiger partial charge in [0.1, 0.15) is 0 Å². The van der Waals surface area contributed by atoms with Crippen molar-refractivity contribution < 1.29 is 9.90 Å². The van der Waals surface area contributed by atoms with Crippen molar-refractivity contribution in [1.29, 1.82) is 0 Å². The summed E-state index contributed by atoms with van der Waals surface area (Å²) in [5, 5.41) is 8.73. The Hall–Kier alpha value is -0.180. The molecule has 0 aromatic rings. The van der Waals surface area contributed by atoms with Crippen LogP contribution in [0.4, 0.5) is 0 Å². The molecule has 0 saturated heterocycles. The van der Waals surface area contributed by atoms with Crippen LogP contribution in [0.5, 0.6) is 0 Å². The molecule has 1 N–H and O–H groups in total. The first kappa shape index (κ1) is 13.8. The molecule has 0 bridgehead atoms. The van der Waals surface area contributed by atoms with Gasteiger partial charge in [-0.1, -0.05) is 39.5 Å². The zero-order valence-electron chi connectivity index (χ0n) is 9.25. The predicted molar refractivity (Wildman–Crippen MR) is 63.0 cm³/mol. The Morgan fingerprint density at radius 3 is 2.36 bits per heavy atom. The molecule has 0 spiro atoms. The van der Waals surface area contributed by atoms with Crippen molar-refractivity contribution in [2.45, 2.75) is 63.5 Å². The summed E-state index contributed by atoms with van der Waals surface area (Å²) in [4.78, 5) is 10.6. The van der Waals surface area contributed by atoms with Gasteiger partial charge < -0.3 is 5.11 Å². The number of carbonyl (C=O) groups is 1. The SMILES string of the molecule is CCCCCCC(S)(CC)CC(=O)O. The van der Waals surface area contributed by atoms with Gasteiger partial charge in [0.05, 0.1) is 6.42 Å². The minimum atomic E-state index is -0.739. The molecule has 0 radical (unpaired) electrons. The van der Waals surface area contributed by atoms with Crippen molar-refractivity contribution in [1.82, 2.24) is 0 Å². The monoisotopic (exact) mass is 218 g/mol. The van der Waals surface area contributed by atoms with E-state index in [0.29, 0.717) is 0 Å². The van der Waals surface area contributed by atoms with Gasteiger partial charge >= 0.3 is 5.97 Å². The molecular formula is C11H22O2S. The van der Waals surface area contributed by atoms with Gasteiger partial charge in [0.25, 0.3) is 0 Å². The lowest BCUT2D eigenvalue weighted by Crippen LogP contribution is -2.24. The summed E-state index contributed by atoms with van der Waals surface area (Å²) in [6.45, 7) is 4.18. The van der Waals surface area contributed by atoms with Crippen LogP contribution >= 0.6 is 12.6 Å². The first-order valence-corrected chi connectivity index (χ1v) is 5.93. The van der Waals surface area contributed by atoms with Gasteiger partial charge in [-0.15, -0.1) is 0 Å². The summed E-state index contributed by atoms with van der Waals surface area (Å²) < 4.78 is -0.292. The highest BCUT2D eigenvalue weighted by molar-refractivity contribution is 7.81. The Bertz CT molecular complexity index is 171. The number of thiol groups is 1. The number of hydrogen-bond acceptors (Lipinski definition) is 2. The third-order valence-corrected chi connectivity index (χ3v) is 3.33. The van der Waals surface area contributed by atoms with Crippen molar-refractivity contribution in [3.05, 3.63) is 0 Å². The van der Waals surface area contributed by atoms with E-state index in [1.807, 2.05) is 6.92 Å². The fraction of sp³-hybridized carbons (Fsp3) is 0.909. The van der Waals surface area contributed by atoms with E-state index in [0.717, 1.165) is 19.3 Å². The molecule has 0 aliphatic heterocycles. The van der Waals surface area contributed by atoms with Gasteiger partial charge in [0.15, 0.2) is 0 Å². The van der Waals surface area contributed by atoms with Crippen LogP contribution in [0.15, 0.2) is 0 Å². The highest BCUT2D eigenvalue weighted by atomic mass is 32.1. The second-order valence-corrected chi connectivity index (χ2v) is 4.91. The van der Waals surface area contributed by atoms with Crippen LogP contribution in [0.2, 0.25) is 0 Å². The maximum absolute atomic E-state index is 10.6. The Balaban J connectivity index is 3.80. The quantitative estimate of drug-likeness (QED) is 0.483. The Kier molecular flexibility index (Phi) is 7.06. The molecule has 0 aliphatic carbocycles. The molecule has 0 rings (SSSR count). The van der Waals surface area contributed by atoms with Crippen LogP contribution in [-0.2, 0) is 4.79 Å². The number of carboxylic acids is 1. The van der Waals surface area contributed by atoms with Crippen LogP contribution in [0.3, 0.4) is 0 Å². The molecule has 84 valence electrons. The van der Waals surface area contributed by atoms with E-state index in [1.54, 1.807) is 0 Å². The van der Waals surface area contributed by atoms with Gasteiger partial charge in [-0.3, -0.25) is 4.79 Å². The summed E-state index contributed by atoms with van der Waals surface area (Å²) in [5.74, 6) is -0.739. The third-order valence-electron chi connectivity index (χ3n) is 2.63. The molecule has 0 saturated carbocycles. The fourth-order valence-corrected chi connectivity index (χ4v) is 1.85. The molecule has 0 fully saturated rings. The largest absolute Gasteiger partial charge is 0.481 e. The number of unbranched alkanes of at least 4 members (excludes halogenated alkanes) is 3. The molecule has 0 aromatic carbocycles. The van der Waals surface area contributed by atoms with E-state index in [2.05, 4.69) is 19.6 Å². The molecular weight excluding hydrogens is 196 g/mol. The second kappa shape index (κ2) is 7.16. The van der Waals surface area contributed by atoms with Crippen molar-refractivity contribution in [2.24, 2.45) is 0 Å². The van der Waals surface area contributed by atoms with Gasteiger partial charge in [0, 0.05) is 4.75 Å². The molecule has 0 heterocycles. The van der Waals surface area contributed by atoms with Crippen molar-refractivity contribution in [2.75, 3.05) is 0 Å². The van der Waals surface area contributed by atoms with Crippen molar-refractivity contribution in [3.63, 3.8) is 0 Å². The lowest BCUT2D eigenvalue weighted by Gasteiger charge is -2.25. The van der Waals surface area contributed by atoms with E-state index >= 15 is 0 Å². The van der Waals surface area contributed by atoms with Crippen LogP contribution in [0.1, 0.15) is 58.8 Å². The molecule has 0 aromatic heterocycles. The van der Waals surface area contributed by atoms with Crippen LogP contribution in [0, 0.1) is 0 Å². The smallest absolute Gasteiger partial charge is 0.304 e. The molecule has 2 nitrogen and oxygen atoms in total. The predicted octanol–water partition coefficient (Wildman–Crippen LogP) is 3.51. The number of carboxylic acid groups (broad SMARTS) is 1. The molecule has 1 atom stereocenters. The summed E-state index contributed by atoms with van der Waals surface area (Å²) in [6.07, 6.45) is 6.66. The summed E-state index contributed by atoms with van der Waals surface area (Å²) in [6, 6.07) is 0. The zero-order valence-corrected chi connectivity index (χ0v) is 10.1. The maximum atomic E-state index is 10.6. The topological polar surface area (TPSA) is 37.3 Å². The molecule has 14 heavy (non-hydrogen) atoms. The van der Waals surface area contributed by atoms with E-state index in [-0.39, 0.29) is 11.2 Å². The van der Waals surface area contributed by atoms with Crippen LogP contribution < -0.4 is 0 Å². The standard InChI is InChI=1S/C11H22O2S/c1-3-5-6-7-8-11(14,4-2)9-10(12)13/h14H,3-9H2,1-2H3,(H,12,13). The summed E-state index contributed by atoms with van der Waals surface area (Å²) >= 11 is 4.48. The molecule has 0 aliphatic rings. The van der Waals surface area contributed by atoms with Crippen molar-refractivity contribution in [3.8, 4) is 0 Å². The maximum Gasteiger partial charge on any atom is 0.304 e. The zero-order chi connectivity index (χ0) is 11.0. The van der Waals surface area contributed by atoms with Gasteiger partial charge in [-0.25, -0.2) is 0 Å².